The van der Waals surface area contributed by atoms with Crippen LogP contribution in [0.1, 0.15) is 42.7 Å². The van der Waals surface area contributed by atoms with Gasteiger partial charge in [0.05, 0.1) is 12.2 Å². The largest absolute Gasteiger partial charge is 0.320 e. The zero-order valence-electron chi connectivity index (χ0n) is 14.1. The van der Waals surface area contributed by atoms with E-state index in [0.717, 1.165) is 43.5 Å². The molecule has 0 unspecified atom stereocenters. The summed E-state index contributed by atoms with van der Waals surface area (Å²) in [5.74, 6) is 0.900. The maximum Gasteiger partial charge on any atom is 0.240 e. The van der Waals surface area contributed by atoms with Crippen LogP contribution >= 0.6 is 11.3 Å². The molecule has 0 spiro atoms. The van der Waals surface area contributed by atoms with Gasteiger partial charge in [-0.15, -0.1) is 11.3 Å². The van der Waals surface area contributed by atoms with Crippen molar-refractivity contribution in [2.24, 2.45) is 5.92 Å². The summed E-state index contributed by atoms with van der Waals surface area (Å²) in [5.41, 5.74) is 1.21. The highest BCUT2D eigenvalue weighted by molar-refractivity contribution is 7.15. The molecule has 23 heavy (non-hydrogen) atoms. The molecule has 1 fully saturated rings. The summed E-state index contributed by atoms with van der Waals surface area (Å²) in [4.78, 5) is 20.5. The van der Waals surface area contributed by atoms with E-state index in [2.05, 4.69) is 20.5 Å². The van der Waals surface area contributed by atoms with Crippen LogP contribution in [0.2, 0.25) is 0 Å². The molecule has 0 atom stereocenters. The van der Waals surface area contributed by atoms with Crippen LogP contribution in [0.15, 0.2) is 0 Å². The molecule has 1 saturated heterocycles. The molecule has 128 valence electrons. The van der Waals surface area contributed by atoms with Crippen molar-refractivity contribution in [3.05, 3.63) is 10.6 Å². The average molecular weight is 337 g/mol. The zero-order chi connectivity index (χ0) is 16.1. The Morgan fingerprint density at radius 1 is 1.30 bits per heavy atom. The minimum atomic E-state index is 0.0878. The average Bonchev–Trinajstić information content (AvgIpc) is 2.96. The highest BCUT2D eigenvalue weighted by atomic mass is 32.1. The lowest BCUT2D eigenvalue weighted by atomic mass is 9.93. The first-order valence-corrected chi connectivity index (χ1v) is 9.71. The summed E-state index contributed by atoms with van der Waals surface area (Å²) in [6, 6.07) is 0. The number of anilines is 1. The topological polar surface area (TPSA) is 57.3 Å². The van der Waals surface area contributed by atoms with Gasteiger partial charge in [-0.3, -0.25) is 9.69 Å². The predicted molar refractivity (Wildman–Crippen MR) is 95.1 cm³/mol. The molecule has 1 aliphatic heterocycles. The molecular weight excluding hydrogens is 308 g/mol. The van der Waals surface area contributed by atoms with Gasteiger partial charge in [-0.05, 0) is 77.5 Å². The molecular formula is C17H28N4OS. The minimum absolute atomic E-state index is 0.0878. The zero-order valence-corrected chi connectivity index (χ0v) is 14.9. The molecule has 0 radical (unpaired) electrons. The van der Waals surface area contributed by atoms with Crippen LogP contribution in [0.3, 0.4) is 0 Å². The molecule has 2 N–H and O–H groups in total. The summed E-state index contributed by atoms with van der Waals surface area (Å²) in [6.45, 7) is 3.68. The minimum Gasteiger partial charge on any atom is -0.320 e. The third-order valence-corrected chi connectivity index (χ3v) is 6.04. The monoisotopic (exact) mass is 336 g/mol. The summed E-state index contributed by atoms with van der Waals surface area (Å²) in [5, 5.41) is 7.03. The first kappa shape index (κ1) is 16.9. The quantitative estimate of drug-likeness (QED) is 0.837. The van der Waals surface area contributed by atoms with Gasteiger partial charge < -0.3 is 10.6 Å². The van der Waals surface area contributed by atoms with Crippen LogP contribution in [0.5, 0.6) is 0 Å². The number of nitrogens with one attached hydrogen (secondary N) is 2. The lowest BCUT2D eigenvalue weighted by Crippen LogP contribution is -2.39. The van der Waals surface area contributed by atoms with E-state index in [1.165, 1.54) is 42.7 Å². The molecule has 1 amide bonds. The molecule has 5 nitrogen and oxygen atoms in total. The van der Waals surface area contributed by atoms with Crippen LogP contribution in [0, 0.1) is 5.92 Å². The fourth-order valence-corrected chi connectivity index (χ4v) is 4.62. The van der Waals surface area contributed by atoms with Crippen molar-refractivity contribution in [2.75, 3.05) is 38.5 Å². The number of likely N-dealkylation sites (tertiary alicyclic amines) is 1. The number of carbonyl (C=O) groups is 1. The summed E-state index contributed by atoms with van der Waals surface area (Å²) >= 11 is 1.67. The maximum absolute atomic E-state index is 12.3. The fraction of sp³-hybridized carbons (Fsp3) is 0.765. The van der Waals surface area contributed by atoms with E-state index < -0.39 is 0 Å². The van der Waals surface area contributed by atoms with Gasteiger partial charge in [0.1, 0.15) is 0 Å². The van der Waals surface area contributed by atoms with Crippen molar-refractivity contribution in [3.63, 3.8) is 0 Å². The number of nitrogens with zero attached hydrogens (tertiary/aromatic N) is 2. The maximum atomic E-state index is 12.3. The van der Waals surface area contributed by atoms with Gasteiger partial charge in [0, 0.05) is 4.88 Å². The Morgan fingerprint density at radius 2 is 2.09 bits per heavy atom. The number of piperidine rings is 1. The number of fused-ring (bicyclic) bond motifs is 1. The van der Waals surface area contributed by atoms with Crippen LogP contribution in [0.4, 0.5) is 5.13 Å². The Balaban J connectivity index is 1.42. The van der Waals surface area contributed by atoms with Crippen molar-refractivity contribution in [1.29, 1.82) is 0 Å². The second kappa shape index (κ2) is 8.22. The van der Waals surface area contributed by atoms with E-state index in [1.54, 1.807) is 11.3 Å². The van der Waals surface area contributed by atoms with Gasteiger partial charge in [-0.2, -0.15) is 0 Å². The molecule has 0 aromatic carbocycles. The lowest BCUT2D eigenvalue weighted by Gasteiger charge is -2.31. The number of aryl methyl sites for hydroxylation is 2. The van der Waals surface area contributed by atoms with Gasteiger partial charge in [0.25, 0.3) is 0 Å². The van der Waals surface area contributed by atoms with Crippen molar-refractivity contribution in [2.45, 2.75) is 44.9 Å². The van der Waals surface area contributed by atoms with Crippen molar-refractivity contribution < 1.29 is 4.79 Å². The molecule has 6 heteroatoms. The van der Waals surface area contributed by atoms with E-state index in [0.29, 0.717) is 6.54 Å². The molecule has 0 bridgehead atoms. The Bertz CT molecular complexity index is 499. The third-order valence-electron chi connectivity index (χ3n) is 4.97. The molecule has 2 heterocycles. The number of amides is 1. The van der Waals surface area contributed by atoms with E-state index in [-0.39, 0.29) is 5.91 Å². The van der Waals surface area contributed by atoms with E-state index >= 15 is 0 Å². The standard InChI is InChI=1S/C17H28N4OS/c1-18-9-6-13-7-10-21(11-8-13)12-16(22)20-17-19-14-4-2-3-5-15(14)23-17/h13,18H,2-12H2,1H3,(H,19,20,22). The highest BCUT2D eigenvalue weighted by Crippen LogP contribution is 2.29. The Labute approximate surface area is 142 Å². The van der Waals surface area contributed by atoms with Crippen LogP contribution < -0.4 is 10.6 Å². The summed E-state index contributed by atoms with van der Waals surface area (Å²) in [6.07, 6.45) is 8.35. The SMILES string of the molecule is CNCCC1CCN(CC(=O)Nc2nc3c(s2)CCCC3)CC1. The van der Waals surface area contributed by atoms with Crippen LogP contribution in [0.25, 0.3) is 0 Å². The van der Waals surface area contributed by atoms with E-state index in [1.807, 2.05) is 7.05 Å². The molecule has 1 aromatic heterocycles. The summed E-state index contributed by atoms with van der Waals surface area (Å²) in [7, 11) is 2.01. The number of thiazole rings is 1. The van der Waals surface area contributed by atoms with Crippen molar-refractivity contribution in [3.8, 4) is 0 Å². The Hall–Kier alpha value is -0.980. The van der Waals surface area contributed by atoms with Gasteiger partial charge >= 0.3 is 0 Å². The van der Waals surface area contributed by atoms with E-state index in [4.69, 9.17) is 0 Å². The first-order valence-electron chi connectivity index (χ1n) is 8.90. The van der Waals surface area contributed by atoms with Gasteiger partial charge in [-0.1, -0.05) is 0 Å². The number of hydrogen-bond acceptors (Lipinski definition) is 5. The number of rotatable bonds is 6. The Morgan fingerprint density at radius 3 is 2.83 bits per heavy atom. The van der Waals surface area contributed by atoms with Gasteiger partial charge in [-0.25, -0.2) is 4.98 Å². The number of hydrogen-bond donors (Lipinski definition) is 2. The smallest absolute Gasteiger partial charge is 0.240 e. The molecule has 2 aliphatic rings. The van der Waals surface area contributed by atoms with Crippen LogP contribution in [-0.2, 0) is 17.6 Å². The second-order valence-corrected chi connectivity index (χ2v) is 7.84. The van der Waals surface area contributed by atoms with Crippen molar-refractivity contribution in [1.82, 2.24) is 15.2 Å². The normalized spacial score (nSPS) is 19.5. The van der Waals surface area contributed by atoms with E-state index in [9.17, 15) is 4.79 Å². The Kier molecular flexibility index (Phi) is 6.02. The lowest BCUT2D eigenvalue weighted by molar-refractivity contribution is -0.117. The highest BCUT2D eigenvalue weighted by Gasteiger charge is 2.21. The van der Waals surface area contributed by atoms with Crippen molar-refractivity contribution >= 4 is 22.4 Å². The third kappa shape index (κ3) is 4.75. The molecule has 1 aliphatic carbocycles. The first-order chi connectivity index (χ1) is 11.2. The number of carbonyl (C=O) groups excluding carboxylic acids is 1. The molecule has 3 rings (SSSR count). The number of aromatic nitrogens is 1. The fourth-order valence-electron chi connectivity index (χ4n) is 3.55. The molecule has 1 aromatic rings. The van der Waals surface area contributed by atoms with Gasteiger partial charge in [0.15, 0.2) is 5.13 Å². The second-order valence-electron chi connectivity index (χ2n) is 6.76. The van der Waals surface area contributed by atoms with Gasteiger partial charge in [0.2, 0.25) is 5.91 Å². The molecule has 0 saturated carbocycles. The predicted octanol–water partition coefficient (Wildman–Crippen LogP) is 2.28. The van der Waals surface area contributed by atoms with Crippen LogP contribution in [-0.4, -0.2) is 49.0 Å². The summed E-state index contributed by atoms with van der Waals surface area (Å²) < 4.78 is 0.